The van der Waals surface area contributed by atoms with E-state index >= 15 is 0 Å². The van der Waals surface area contributed by atoms with Crippen LogP contribution in [0, 0.1) is 23.7 Å². The number of carbonyl (C=O) groups is 2. The minimum absolute atomic E-state index is 0.181. The van der Waals surface area contributed by atoms with Crippen molar-refractivity contribution in [1.82, 2.24) is 10.2 Å². The molecule has 13 nitrogen and oxygen atoms in total. The van der Waals surface area contributed by atoms with Crippen LogP contribution in [0.2, 0.25) is 0 Å². The summed E-state index contributed by atoms with van der Waals surface area (Å²) in [5, 5.41) is 42.8. The van der Waals surface area contributed by atoms with Crippen LogP contribution in [0.25, 0.3) is 0 Å². The molecular weight excluding hydrogens is 670 g/mol. The topological polar surface area (TPSA) is 169 Å². The van der Waals surface area contributed by atoms with Gasteiger partial charge in [0.15, 0.2) is 12.1 Å². The predicted octanol–water partition coefficient (Wildman–Crippen LogP) is 3.32. The zero-order valence-corrected chi connectivity index (χ0v) is 33.1. The van der Waals surface area contributed by atoms with E-state index in [2.05, 4.69) is 10.5 Å². The molecule has 0 bridgehead atoms. The van der Waals surface area contributed by atoms with E-state index in [1.807, 2.05) is 70.1 Å². The molecule has 0 radical (unpaired) electrons. The quantitative estimate of drug-likeness (QED) is 0.114. The maximum absolute atomic E-state index is 14.1. The van der Waals surface area contributed by atoms with Crippen LogP contribution in [0.15, 0.2) is 35.5 Å². The zero-order chi connectivity index (χ0) is 39.0. The summed E-state index contributed by atoms with van der Waals surface area (Å²) in [7, 11) is 5.28. The first-order valence-electron chi connectivity index (χ1n) is 18.7. The fourth-order valence-corrected chi connectivity index (χ4v) is 7.68. The number of benzene rings is 1. The van der Waals surface area contributed by atoms with Crippen molar-refractivity contribution in [3.63, 3.8) is 0 Å². The molecule has 0 aromatic heterocycles. The number of aliphatic hydroxyl groups is 3. The Kier molecular flexibility index (Phi) is 16.2. The number of hydrogen-bond donors (Lipinski definition) is 4. The first kappa shape index (κ1) is 43.9. The average molecular weight is 736 g/mol. The molecule has 13 heteroatoms. The molecule has 0 amide bonds. The number of methoxy groups -OCH3 is 1. The molecule has 0 unspecified atom stereocenters. The Bertz CT molecular complexity index is 1310. The fraction of sp³-hybridized carbons (Fsp3) is 0.769. The van der Waals surface area contributed by atoms with E-state index in [9.17, 15) is 24.9 Å². The summed E-state index contributed by atoms with van der Waals surface area (Å²) in [5.74, 6) is -4.65. The Hall–Kier alpha value is -2.49. The van der Waals surface area contributed by atoms with Crippen LogP contribution in [0.1, 0.15) is 80.2 Å². The highest BCUT2D eigenvalue weighted by molar-refractivity contribution is 6.00. The van der Waals surface area contributed by atoms with Crippen molar-refractivity contribution in [2.24, 2.45) is 28.8 Å². The van der Waals surface area contributed by atoms with Crippen LogP contribution in [-0.2, 0) is 39.9 Å². The lowest BCUT2D eigenvalue weighted by Gasteiger charge is -2.47. The molecule has 0 saturated carbocycles. The van der Waals surface area contributed by atoms with E-state index in [-0.39, 0.29) is 31.6 Å². The molecule has 52 heavy (non-hydrogen) atoms. The number of ether oxygens (including phenoxy) is 4. The van der Waals surface area contributed by atoms with Crippen LogP contribution in [-0.4, -0.2) is 126 Å². The van der Waals surface area contributed by atoms with Gasteiger partial charge in [0.25, 0.3) is 0 Å². The molecule has 2 saturated heterocycles. The van der Waals surface area contributed by atoms with Crippen molar-refractivity contribution >= 4 is 17.5 Å². The van der Waals surface area contributed by atoms with Gasteiger partial charge in [-0.25, -0.2) is 0 Å². The first-order valence-corrected chi connectivity index (χ1v) is 18.7. The highest BCUT2D eigenvalue weighted by Crippen LogP contribution is 2.38. The van der Waals surface area contributed by atoms with Gasteiger partial charge in [0.05, 0.1) is 29.6 Å². The molecule has 0 spiro atoms. The van der Waals surface area contributed by atoms with Crippen molar-refractivity contribution in [2.75, 3.05) is 34.4 Å². The number of Topliss-reactive ketones (excluding diaryl/α,β-unsaturated/α-hetero) is 1. The third kappa shape index (κ3) is 10.6. The number of esters is 1. The van der Waals surface area contributed by atoms with Crippen LogP contribution < -0.4 is 5.32 Å². The van der Waals surface area contributed by atoms with Crippen molar-refractivity contribution in [2.45, 2.75) is 135 Å². The molecule has 296 valence electrons. The van der Waals surface area contributed by atoms with Gasteiger partial charge in [-0.3, -0.25) is 9.59 Å². The van der Waals surface area contributed by atoms with E-state index in [0.717, 1.165) is 5.56 Å². The minimum atomic E-state index is -1.90. The highest BCUT2D eigenvalue weighted by Gasteiger charge is 2.51. The van der Waals surface area contributed by atoms with Gasteiger partial charge in [0, 0.05) is 44.0 Å². The summed E-state index contributed by atoms with van der Waals surface area (Å²) >= 11 is 0. The molecule has 2 aliphatic heterocycles. The second-order valence-corrected chi connectivity index (χ2v) is 15.5. The number of hydrogen-bond acceptors (Lipinski definition) is 13. The Morgan fingerprint density at radius 2 is 1.69 bits per heavy atom. The number of nitrogens with zero attached hydrogens (tertiary/aromatic N) is 2. The Morgan fingerprint density at radius 1 is 1.04 bits per heavy atom. The Balaban J connectivity index is 2.04. The lowest BCUT2D eigenvalue weighted by molar-refractivity contribution is -0.295. The van der Waals surface area contributed by atoms with Gasteiger partial charge in [-0.05, 0) is 66.6 Å². The van der Waals surface area contributed by atoms with Crippen LogP contribution in [0.4, 0.5) is 0 Å². The number of rotatable bonds is 11. The van der Waals surface area contributed by atoms with E-state index in [1.54, 1.807) is 20.8 Å². The Labute approximate surface area is 310 Å². The zero-order valence-electron chi connectivity index (χ0n) is 33.1. The number of likely N-dealkylation sites (N-methyl/N-ethyl adjacent to an activating group) is 1. The van der Waals surface area contributed by atoms with E-state index in [4.69, 9.17) is 23.8 Å². The van der Waals surface area contributed by atoms with Gasteiger partial charge >= 0.3 is 5.97 Å². The fourth-order valence-electron chi connectivity index (χ4n) is 7.68. The second kappa shape index (κ2) is 19.2. The summed E-state index contributed by atoms with van der Waals surface area (Å²) in [5.41, 5.74) is -1.53. The molecule has 0 aliphatic carbocycles. The van der Waals surface area contributed by atoms with E-state index in [1.165, 1.54) is 21.0 Å². The molecule has 2 aliphatic rings. The third-order valence-electron chi connectivity index (χ3n) is 11.1. The summed E-state index contributed by atoms with van der Waals surface area (Å²) in [6.45, 7) is 15.1. The van der Waals surface area contributed by atoms with Gasteiger partial charge in [0.1, 0.15) is 30.3 Å². The maximum Gasteiger partial charge on any atom is 0.316 e. The maximum atomic E-state index is 14.1. The molecule has 1 aromatic carbocycles. The van der Waals surface area contributed by atoms with E-state index in [0.29, 0.717) is 25.2 Å². The number of cyclic esters (lactones) is 1. The number of aliphatic hydroxyl groups excluding tert-OH is 2. The highest BCUT2D eigenvalue weighted by atomic mass is 16.7. The van der Waals surface area contributed by atoms with Crippen molar-refractivity contribution in [1.29, 1.82) is 0 Å². The SMILES string of the molecule is CC[C@H]1OC(=O)[C@H](C)C(=O)[C@H](C)[C@@H](O[C@@H]2O[C@H](C)C[C@H](N(C)C)[C@H]2O)[C@](C)(OC)C[C@@H](C)/C(=N\OCCNCc2ccccc2)[C@H](C)[C@@H](O)[C@]1(C)O. The average Bonchev–Trinajstić information content (AvgIpc) is 3.11. The largest absolute Gasteiger partial charge is 0.459 e. The molecule has 2 fully saturated rings. The lowest BCUT2D eigenvalue weighted by Crippen LogP contribution is -2.60. The van der Waals surface area contributed by atoms with Gasteiger partial charge in [-0.2, -0.15) is 0 Å². The number of nitrogens with one attached hydrogen (secondary N) is 1. The van der Waals surface area contributed by atoms with Gasteiger partial charge in [-0.15, -0.1) is 0 Å². The second-order valence-electron chi connectivity index (χ2n) is 15.5. The van der Waals surface area contributed by atoms with E-state index < -0.39 is 77.3 Å². The summed E-state index contributed by atoms with van der Waals surface area (Å²) < 4.78 is 24.8. The summed E-state index contributed by atoms with van der Waals surface area (Å²) in [6.07, 6.45) is -4.95. The molecule has 1 aromatic rings. The number of oxime groups is 1. The van der Waals surface area contributed by atoms with Crippen molar-refractivity contribution < 1.29 is 48.7 Å². The summed E-state index contributed by atoms with van der Waals surface area (Å²) in [6, 6.07) is 9.71. The number of carbonyl (C=O) groups excluding carboxylic acids is 2. The van der Waals surface area contributed by atoms with Crippen LogP contribution in [0.3, 0.4) is 0 Å². The summed E-state index contributed by atoms with van der Waals surface area (Å²) in [4.78, 5) is 35.4. The predicted molar refractivity (Wildman–Crippen MR) is 197 cm³/mol. The van der Waals surface area contributed by atoms with Crippen molar-refractivity contribution in [3.8, 4) is 0 Å². The normalized spacial score (nSPS) is 39.3. The van der Waals surface area contributed by atoms with Gasteiger partial charge in [0.2, 0.25) is 0 Å². The van der Waals surface area contributed by atoms with Crippen LogP contribution in [0.5, 0.6) is 0 Å². The molecule has 3 rings (SSSR count). The Morgan fingerprint density at radius 3 is 2.29 bits per heavy atom. The minimum Gasteiger partial charge on any atom is -0.459 e. The van der Waals surface area contributed by atoms with Gasteiger partial charge in [-0.1, -0.05) is 63.2 Å². The third-order valence-corrected chi connectivity index (χ3v) is 11.1. The van der Waals surface area contributed by atoms with Crippen molar-refractivity contribution in [3.05, 3.63) is 35.9 Å². The molecular formula is C39H65N3O10. The van der Waals surface area contributed by atoms with Gasteiger partial charge < -0.3 is 49.3 Å². The smallest absolute Gasteiger partial charge is 0.316 e. The first-order chi connectivity index (χ1) is 24.4. The monoisotopic (exact) mass is 735 g/mol. The standard InChI is InChI=1S/C39H65N3O10/c1-12-30-39(8,47)34(45)25(4)31(41-49-19-18-40-22-28-16-14-13-15-17-28)23(2)21-38(7,48-11)35(26(5)32(43)27(6)36(46)51-30)52-37-33(44)29(42(9)10)20-24(3)50-37/h13-17,23-27,29-30,33-35,37,40,44-45,47H,12,18-22H2,1-11H3/b41-31+/t23-,24-,25+,26+,27-,29+,30-,33-,34-,35-,37+,38-,39-/m1/s1. The lowest BCUT2D eigenvalue weighted by atomic mass is 9.74. The molecule has 4 N–H and O–H groups in total. The molecule has 13 atom stereocenters. The van der Waals surface area contributed by atoms with Crippen LogP contribution >= 0.6 is 0 Å². The molecule has 2 heterocycles. The number of ketones is 1.